The van der Waals surface area contributed by atoms with Crippen LogP contribution in [0.4, 0.5) is 0 Å². The summed E-state index contributed by atoms with van der Waals surface area (Å²) in [5.41, 5.74) is 0. The van der Waals surface area contributed by atoms with E-state index < -0.39 is 0 Å². The molecule has 84 valence electrons. The Morgan fingerprint density at radius 2 is 1.57 bits per heavy atom. The van der Waals surface area contributed by atoms with Crippen LogP contribution in [0.3, 0.4) is 0 Å². The van der Waals surface area contributed by atoms with Crippen LogP contribution in [0.25, 0.3) is 0 Å². The normalized spacial score (nSPS) is 34.7. The molecule has 0 nitrogen and oxygen atoms in total. The maximum absolute atomic E-state index is 2.47. The van der Waals surface area contributed by atoms with E-state index in [4.69, 9.17) is 0 Å². The standard InChI is InChI=1S/C14H28/c1-7-9(2)11(4)12(5)13(6)14-8-10(14)3/h9-14H,7-8H2,1-6H3. The predicted molar refractivity (Wildman–Crippen MR) is 64.2 cm³/mol. The number of hydrogen-bond acceptors (Lipinski definition) is 0. The molecule has 0 N–H and O–H groups in total. The zero-order valence-electron chi connectivity index (χ0n) is 10.9. The molecule has 0 aromatic rings. The minimum Gasteiger partial charge on any atom is -0.0651 e. The minimum absolute atomic E-state index is 0.890. The van der Waals surface area contributed by atoms with Gasteiger partial charge in [0.2, 0.25) is 0 Å². The van der Waals surface area contributed by atoms with E-state index in [1.807, 2.05) is 0 Å². The molecule has 0 bridgehead atoms. The van der Waals surface area contributed by atoms with Gasteiger partial charge in [0, 0.05) is 0 Å². The molecule has 0 spiro atoms. The first-order valence-corrected chi connectivity index (χ1v) is 6.49. The van der Waals surface area contributed by atoms with Gasteiger partial charge in [-0.25, -0.2) is 0 Å². The first-order valence-electron chi connectivity index (χ1n) is 6.49. The van der Waals surface area contributed by atoms with Crippen LogP contribution < -0.4 is 0 Å². The molecule has 0 aromatic carbocycles. The minimum atomic E-state index is 0.890. The number of rotatable bonds is 5. The van der Waals surface area contributed by atoms with E-state index in [0.717, 1.165) is 35.5 Å². The maximum atomic E-state index is 2.47. The van der Waals surface area contributed by atoms with Crippen LogP contribution in [0.1, 0.15) is 54.4 Å². The first-order chi connectivity index (χ1) is 6.49. The van der Waals surface area contributed by atoms with E-state index in [0.29, 0.717) is 0 Å². The first kappa shape index (κ1) is 12.1. The number of hydrogen-bond donors (Lipinski definition) is 0. The fourth-order valence-electron chi connectivity index (χ4n) is 2.84. The van der Waals surface area contributed by atoms with Crippen molar-refractivity contribution < 1.29 is 0 Å². The molecule has 0 aromatic heterocycles. The van der Waals surface area contributed by atoms with Gasteiger partial charge in [-0.2, -0.15) is 0 Å². The van der Waals surface area contributed by atoms with Crippen molar-refractivity contribution >= 4 is 0 Å². The molecule has 0 heterocycles. The third-order valence-corrected chi connectivity index (χ3v) is 5.05. The van der Waals surface area contributed by atoms with Gasteiger partial charge in [0.15, 0.2) is 0 Å². The second-order valence-electron chi connectivity index (χ2n) is 5.84. The molecule has 1 rings (SSSR count). The van der Waals surface area contributed by atoms with Crippen molar-refractivity contribution in [2.24, 2.45) is 35.5 Å². The zero-order chi connectivity index (χ0) is 10.9. The molecule has 0 heteroatoms. The average Bonchev–Trinajstić information content (AvgIpc) is 2.90. The third-order valence-electron chi connectivity index (χ3n) is 5.05. The molecule has 6 unspecified atom stereocenters. The van der Waals surface area contributed by atoms with E-state index in [1.165, 1.54) is 12.8 Å². The predicted octanol–water partition coefficient (Wildman–Crippen LogP) is 4.60. The fourth-order valence-corrected chi connectivity index (χ4v) is 2.84. The lowest BCUT2D eigenvalue weighted by atomic mass is 9.75. The topological polar surface area (TPSA) is 0 Å². The molecule has 1 fully saturated rings. The average molecular weight is 196 g/mol. The highest BCUT2D eigenvalue weighted by molar-refractivity contribution is 4.89. The van der Waals surface area contributed by atoms with Gasteiger partial charge in [-0.15, -0.1) is 0 Å². The quantitative estimate of drug-likeness (QED) is 0.603. The molecular weight excluding hydrogens is 168 g/mol. The van der Waals surface area contributed by atoms with Crippen molar-refractivity contribution in [3.63, 3.8) is 0 Å². The summed E-state index contributed by atoms with van der Waals surface area (Å²) >= 11 is 0. The summed E-state index contributed by atoms with van der Waals surface area (Å²) in [7, 11) is 0. The molecule has 0 amide bonds. The monoisotopic (exact) mass is 196 g/mol. The molecule has 0 saturated heterocycles. The molecule has 1 aliphatic carbocycles. The summed E-state index contributed by atoms with van der Waals surface area (Å²) in [5.74, 6) is 5.67. The summed E-state index contributed by atoms with van der Waals surface area (Å²) in [5, 5.41) is 0. The molecular formula is C14H28. The Bertz CT molecular complexity index is 163. The Balaban J connectivity index is 2.42. The molecule has 14 heavy (non-hydrogen) atoms. The highest BCUT2D eigenvalue weighted by atomic mass is 14.5. The Morgan fingerprint density at radius 1 is 1.07 bits per heavy atom. The van der Waals surface area contributed by atoms with Gasteiger partial charge in [-0.1, -0.05) is 48.0 Å². The Hall–Kier alpha value is 0. The summed E-state index contributed by atoms with van der Waals surface area (Å²) in [4.78, 5) is 0. The van der Waals surface area contributed by atoms with Gasteiger partial charge < -0.3 is 0 Å². The smallest absolute Gasteiger partial charge is 0.0357 e. The van der Waals surface area contributed by atoms with Crippen molar-refractivity contribution in [2.75, 3.05) is 0 Å². The fraction of sp³-hybridized carbons (Fsp3) is 1.00. The zero-order valence-corrected chi connectivity index (χ0v) is 10.9. The maximum Gasteiger partial charge on any atom is -0.0357 e. The van der Waals surface area contributed by atoms with Gasteiger partial charge in [-0.3, -0.25) is 0 Å². The van der Waals surface area contributed by atoms with Crippen LogP contribution >= 0.6 is 0 Å². The molecule has 0 radical (unpaired) electrons. The lowest BCUT2D eigenvalue weighted by molar-refractivity contribution is 0.189. The van der Waals surface area contributed by atoms with Gasteiger partial charge in [0.1, 0.15) is 0 Å². The summed E-state index contributed by atoms with van der Waals surface area (Å²) < 4.78 is 0. The van der Waals surface area contributed by atoms with Crippen molar-refractivity contribution in [3.8, 4) is 0 Å². The van der Waals surface area contributed by atoms with Gasteiger partial charge >= 0.3 is 0 Å². The van der Waals surface area contributed by atoms with Crippen molar-refractivity contribution in [2.45, 2.75) is 54.4 Å². The molecule has 1 aliphatic rings. The van der Waals surface area contributed by atoms with E-state index in [2.05, 4.69) is 41.5 Å². The second-order valence-corrected chi connectivity index (χ2v) is 5.84. The molecule has 0 aliphatic heterocycles. The Morgan fingerprint density at radius 3 is 1.93 bits per heavy atom. The van der Waals surface area contributed by atoms with Crippen LogP contribution in [0.5, 0.6) is 0 Å². The molecule has 6 atom stereocenters. The highest BCUT2D eigenvalue weighted by Crippen LogP contribution is 2.48. The lowest BCUT2D eigenvalue weighted by Gasteiger charge is -2.30. The van der Waals surface area contributed by atoms with Crippen LogP contribution in [-0.4, -0.2) is 0 Å². The van der Waals surface area contributed by atoms with Crippen LogP contribution in [0, 0.1) is 35.5 Å². The van der Waals surface area contributed by atoms with Crippen LogP contribution in [0.15, 0.2) is 0 Å². The third kappa shape index (κ3) is 2.52. The van der Waals surface area contributed by atoms with Crippen molar-refractivity contribution in [1.82, 2.24) is 0 Å². The highest BCUT2D eigenvalue weighted by Gasteiger charge is 2.40. The Kier molecular flexibility index (Phi) is 4.04. The van der Waals surface area contributed by atoms with Gasteiger partial charge in [-0.05, 0) is 41.9 Å². The lowest BCUT2D eigenvalue weighted by Crippen LogP contribution is -2.23. The van der Waals surface area contributed by atoms with Gasteiger partial charge in [0.05, 0.1) is 0 Å². The SMILES string of the molecule is CCC(C)C(C)C(C)C(C)C1CC1C. The summed E-state index contributed by atoms with van der Waals surface area (Å²) in [6, 6.07) is 0. The Labute approximate surface area is 90.5 Å². The van der Waals surface area contributed by atoms with Crippen molar-refractivity contribution in [3.05, 3.63) is 0 Å². The largest absolute Gasteiger partial charge is 0.0651 e. The van der Waals surface area contributed by atoms with Crippen LogP contribution in [0.2, 0.25) is 0 Å². The van der Waals surface area contributed by atoms with E-state index in [1.54, 1.807) is 0 Å². The molecule has 1 saturated carbocycles. The van der Waals surface area contributed by atoms with Gasteiger partial charge in [0.25, 0.3) is 0 Å². The summed E-state index contributed by atoms with van der Waals surface area (Å²) in [6.45, 7) is 14.5. The van der Waals surface area contributed by atoms with Crippen molar-refractivity contribution in [1.29, 1.82) is 0 Å². The second kappa shape index (κ2) is 4.68. The van der Waals surface area contributed by atoms with E-state index in [9.17, 15) is 0 Å². The van der Waals surface area contributed by atoms with E-state index >= 15 is 0 Å². The van der Waals surface area contributed by atoms with Crippen LogP contribution in [-0.2, 0) is 0 Å². The summed E-state index contributed by atoms with van der Waals surface area (Å²) in [6.07, 6.45) is 2.82. The van der Waals surface area contributed by atoms with E-state index in [-0.39, 0.29) is 0 Å².